The summed E-state index contributed by atoms with van der Waals surface area (Å²) in [6.45, 7) is 8.85. The Morgan fingerprint density at radius 1 is 0.562 bits per heavy atom. The van der Waals surface area contributed by atoms with Gasteiger partial charge in [-0.25, -0.2) is 0 Å². The molecule has 1 unspecified atom stereocenters. The average molecular weight is 907 g/mol. The van der Waals surface area contributed by atoms with Crippen LogP contribution < -0.4 is 10.6 Å². The molecule has 0 spiro atoms. The molecule has 3 heterocycles. The quantitative estimate of drug-likeness (QED) is 0.0685. The highest BCUT2D eigenvalue weighted by atomic mass is 16.6. The maximum atomic E-state index is 13.2. The zero-order chi connectivity index (χ0) is 45.6. The maximum Gasteiger partial charge on any atom is 0.264 e. The van der Waals surface area contributed by atoms with Gasteiger partial charge in [-0.1, -0.05) is 12.5 Å². The molecular weight excluding hydrogens is 844 g/mol. The number of nitrogens with zero attached hydrogens (tertiary/aromatic N) is 2. The Kier molecular flexibility index (Phi) is 25.5. The van der Waals surface area contributed by atoms with Crippen LogP contribution in [0.2, 0.25) is 0 Å². The number of benzene rings is 1. The van der Waals surface area contributed by atoms with Crippen LogP contribution in [0.5, 0.6) is 0 Å². The lowest BCUT2D eigenvalue weighted by Gasteiger charge is -2.27. The van der Waals surface area contributed by atoms with E-state index in [-0.39, 0.29) is 66.9 Å². The lowest BCUT2D eigenvalue weighted by molar-refractivity contribution is -0.138. The molecule has 64 heavy (non-hydrogen) atoms. The van der Waals surface area contributed by atoms with Crippen LogP contribution in [-0.4, -0.2) is 196 Å². The minimum absolute atomic E-state index is 0.0232. The first-order valence-corrected chi connectivity index (χ1v) is 21.7. The molecule has 1 aromatic carbocycles. The third-order valence-electron chi connectivity index (χ3n) is 9.64. The SMILES string of the molecule is O=C1CCC(N2C(=O)c3cccc(NC(=O)CCCCCOCCOCCOCCOCCOCCOCCOCCOCCOCCOCCN4C(=O)C=CC4=O)c3C2=O)C(=O)N1. The molecule has 3 aliphatic heterocycles. The predicted molar refractivity (Wildman–Crippen MR) is 224 cm³/mol. The van der Waals surface area contributed by atoms with Crippen molar-refractivity contribution >= 4 is 47.0 Å². The van der Waals surface area contributed by atoms with Crippen molar-refractivity contribution < 1.29 is 80.9 Å². The molecule has 3 aliphatic rings. The zero-order valence-electron chi connectivity index (χ0n) is 36.4. The van der Waals surface area contributed by atoms with Gasteiger partial charge in [0, 0.05) is 31.6 Å². The van der Waals surface area contributed by atoms with Crippen LogP contribution >= 0.6 is 0 Å². The predicted octanol–water partition coefficient (Wildman–Crippen LogP) is 0.678. The number of carbonyl (C=O) groups is 7. The van der Waals surface area contributed by atoms with Crippen LogP contribution in [0.3, 0.4) is 0 Å². The molecule has 0 bridgehead atoms. The second-order valence-electron chi connectivity index (χ2n) is 14.3. The standard InChI is InChI=1S/C43H62N4O17/c48-36(44-34-6-4-5-33-40(34)43(54)47(42(33)53)35-8-9-37(49)45-41(35)52)7-2-1-3-13-55-15-17-57-19-21-59-23-25-61-27-29-63-31-32-64-30-28-62-26-24-60-22-20-58-18-16-56-14-12-46-38(50)10-11-39(46)51/h4-6,10-11,35H,1-3,7-9,12-32H2,(H,44,48)(H,45,49,52). The Labute approximate surface area is 372 Å². The van der Waals surface area contributed by atoms with E-state index in [0.29, 0.717) is 132 Å². The average Bonchev–Trinajstić information content (AvgIpc) is 3.74. The summed E-state index contributed by atoms with van der Waals surface area (Å²) in [5, 5.41) is 4.90. The smallest absolute Gasteiger partial charge is 0.264 e. The van der Waals surface area contributed by atoms with Crippen molar-refractivity contribution in [3.05, 3.63) is 41.5 Å². The van der Waals surface area contributed by atoms with Crippen LogP contribution in [-0.2, 0) is 71.3 Å². The van der Waals surface area contributed by atoms with E-state index in [0.717, 1.165) is 22.6 Å². The fourth-order valence-corrected chi connectivity index (χ4v) is 6.39. The van der Waals surface area contributed by atoms with Gasteiger partial charge < -0.3 is 52.7 Å². The van der Waals surface area contributed by atoms with Gasteiger partial charge in [0.2, 0.25) is 17.7 Å². The summed E-state index contributed by atoms with van der Waals surface area (Å²) >= 11 is 0. The number of unbranched alkanes of at least 4 members (excludes halogenated alkanes) is 2. The molecule has 1 fully saturated rings. The number of imide groups is 3. The maximum absolute atomic E-state index is 13.2. The molecule has 0 aromatic heterocycles. The van der Waals surface area contributed by atoms with E-state index >= 15 is 0 Å². The Bertz CT molecular complexity index is 1660. The first-order valence-electron chi connectivity index (χ1n) is 21.7. The molecule has 21 nitrogen and oxygen atoms in total. The molecule has 2 N–H and O–H groups in total. The summed E-state index contributed by atoms with van der Waals surface area (Å²) in [6.07, 6.45) is 4.90. The lowest BCUT2D eigenvalue weighted by Crippen LogP contribution is -2.54. The molecule has 1 aromatic rings. The molecule has 1 atom stereocenters. The molecule has 4 rings (SSSR count). The number of hydrogen-bond donors (Lipinski definition) is 2. The number of piperidine rings is 1. The van der Waals surface area contributed by atoms with E-state index in [2.05, 4.69) is 10.6 Å². The largest absolute Gasteiger partial charge is 0.379 e. The van der Waals surface area contributed by atoms with Crippen molar-refractivity contribution in [3.8, 4) is 0 Å². The van der Waals surface area contributed by atoms with Crippen molar-refractivity contribution in [1.29, 1.82) is 0 Å². The number of nitrogens with one attached hydrogen (secondary N) is 2. The number of ether oxygens (including phenoxy) is 10. The highest BCUT2D eigenvalue weighted by molar-refractivity contribution is 6.26. The van der Waals surface area contributed by atoms with Gasteiger partial charge in [-0.2, -0.15) is 0 Å². The van der Waals surface area contributed by atoms with E-state index in [1.165, 1.54) is 18.2 Å². The fourth-order valence-electron chi connectivity index (χ4n) is 6.39. The molecule has 356 valence electrons. The second-order valence-corrected chi connectivity index (χ2v) is 14.3. The minimum Gasteiger partial charge on any atom is -0.379 e. The molecule has 0 aliphatic carbocycles. The van der Waals surface area contributed by atoms with Crippen LogP contribution in [0.15, 0.2) is 30.4 Å². The summed E-state index contributed by atoms with van der Waals surface area (Å²) in [6, 6.07) is 3.51. The first-order chi connectivity index (χ1) is 31.3. The Balaban J connectivity index is 0.813. The minimum atomic E-state index is -1.08. The van der Waals surface area contributed by atoms with Crippen LogP contribution in [0, 0.1) is 0 Å². The molecule has 1 saturated heterocycles. The van der Waals surface area contributed by atoms with Gasteiger partial charge in [-0.3, -0.25) is 48.7 Å². The fraction of sp³-hybridized carbons (Fsp3) is 0.651. The highest BCUT2D eigenvalue weighted by Gasteiger charge is 2.45. The van der Waals surface area contributed by atoms with Crippen molar-refractivity contribution in [3.63, 3.8) is 0 Å². The van der Waals surface area contributed by atoms with Gasteiger partial charge in [0.15, 0.2) is 0 Å². The second kappa shape index (κ2) is 31.3. The number of anilines is 1. The summed E-state index contributed by atoms with van der Waals surface area (Å²) in [5.74, 6) is -3.38. The molecule has 7 amide bonds. The van der Waals surface area contributed by atoms with Gasteiger partial charge >= 0.3 is 0 Å². The Morgan fingerprint density at radius 3 is 1.48 bits per heavy atom. The molecule has 0 saturated carbocycles. The highest BCUT2D eigenvalue weighted by Crippen LogP contribution is 2.32. The molecular formula is C43H62N4O17. The van der Waals surface area contributed by atoms with Gasteiger partial charge in [-0.05, 0) is 31.4 Å². The number of hydrogen-bond acceptors (Lipinski definition) is 17. The van der Waals surface area contributed by atoms with E-state index in [1.54, 1.807) is 12.1 Å². The third-order valence-corrected chi connectivity index (χ3v) is 9.64. The number of amides is 7. The first kappa shape index (κ1) is 52.1. The number of rotatable bonds is 38. The van der Waals surface area contributed by atoms with Gasteiger partial charge in [0.1, 0.15) is 6.04 Å². The summed E-state index contributed by atoms with van der Waals surface area (Å²) in [4.78, 5) is 87.6. The third kappa shape index (κ3) is 19.3. The normalized spacial score (nSPS) is 16.1. The van der Waals surface area contributed by atoms with Crippen molar-refractivity contribution in [2.24, 2.45) is 0 Å². The number of carbonyl (C=O) groups excluding carboxylic acids is 7. The van der Waals surface area contributed by atoms with Crippen LogP contribution in [0.25, 0.3) is 0 Å². The zero-order valence-corrected chi connectivity index (χ0v) is 36.4. The van der Waals surface area contributed by atoms with Crippen molar-refractivity contribution in [2.45, 2.75) is 44.6 Å². The molecule has 0 radical (unpaired) electrons. The monoisotopic (exact) mass is 906 g/mol. The van der Waals surface area contributed by atoms with E-state index in [1.807, 2.05) is 0 Å². The van der Waals surface area contributed by atoms with Crippen molar-refractivity contribution in [1.82, 2.24) is 15.1 Å². The summed E-state index contributed by atoms with van der Waals surface area (Å²) < 4.78 is 54.8. The van der Waals surface area contributed by atoms with Crippen LogP contribution in [0.1, 0.15) is 59.2 Å². The van der Waals surface area contributed by atoms with E-state index < -0.39 is 29.7 Å². The Hall–Kier alpha value is -4.55. The number of fused-ring (bicyclic) bond motifs is 1. The van der Waals surface area contributed by atoms with Gasteiger partial charge in [0.05, 0.1) is 149 Å². The topological polar surface area (TPSA) is 242 Å². The van der Waals surface area contributed by atoms with Crippen molar-refractivity contribution in [2.75, 3.05) is 144 Å². The summed E-state index contributed by atoms with van der Waals surface area (Å²) in [5.41, 5.74) is 0.365. The summed E-state index contributed by atoms with van der Waals surface area (Å²) in [7, 11) is 0. The lowest BCUT2D eigenvalue weighted by atomic mass is 10.0. The van der Waals surface area contributed by atoms with Crippen LogP contribution in [0.4, 0.5) is 5.69 Å². The molecule has 21 heteroatoms. The van der Waals surface area contributed by atoms with Gasteiger partial charge in [-0.15, -0.1) is 0 Å². The van der Waals surface area contributed by atoms with Gasteiger partial charge in [0.25, 0.3) is 23.6 Å². The Morgan fingerprint density at radius 2 is 1.02 bits per heavy atom. The van der Waals surface area contributed by atoms with E-state index in [9.17, 15) is 33.6 Å². The van der Waals surface area contributed by atoms with E-state index in [4.69, 9.17) is 47.4 Å².